The van der Waals surface area contributed by atoms with Crippen LogP contribution in [-0.4, -0.2) is 25.7 Å². The summed E-state index contributed by atoms with van der Waals surface area (Å²) in [6.07, 6.45) is 6.71. The highest BCUT2D eigenvalue weighted by atomic mass is 16.1. The van der Waals surface area contributed by atoms with E-state index in [9.17, 15) is 4.79 Å². The molecule has 1 aliphatic rings. The monoisotopic (exact) mass is 341 g/mol. The van der Waals surface area contributed by atoms with Crippen molar-refractivity contribution in [2.75, 3.05) is 5.32 Å². The number of aryl methyl sites for hydroxylation is 2. The van der Waals surface area contributed by atoms with E-state index in [1.54, 1.807) is 24.7 Å². The van der Waals surface area contributed by atoms with Crippen LogP contribution in [0.1, 0.15) is 21.5 Å². The fraction of sp³-hybridized carbons (Fsp3) is 0.100. The minimum absolute atomic E-state index is 0.174. The molecule has 0 spiro atoms. The third-order valence-corrected chi connectivity index (χ3v) is 4.79. The van der Waals surface area contributed by atoms with Crippen molar-refractivity contribution in [3.05, 3.63) is 78.0 Å². The maximum atomic E-state index is 12.8. The summed E-state index contributed by atoms with van der Waals surface area (Å²) in [5.74, 6) is 0.378. The van der Waals surface area contributed by atoms with Crippen molar-refractivity contribution in [2.24, 2.45) is 0 Å². The Morgan fingerprint density at radius 2 is 1.96 bits per heavy atom. The standard InChI is InChI=1S/C20H15N5O/c26-20(15-8-9-22-18(10-15)25-12-21-11-23-25)24-17-7-6-14-5-4-13-2-1-3-16(17)19(13)14/h1-3,6-12H,4-5H2,(H,24,26). The summed E-state index contributed by atoms with van der Waals surface area (Å²) in [4.78, 5) is 20.9. The lowest BCUT2D eigenvalue weighted by atomic mass is 10.0. The molecule has 126 valence electrons. The van der Waals surface area contributed by atoms with Gasteiger partial charge in [-0.2, -0.15) is 5.10 Å². The summed E-state index contributed by atoms with van der Waals surface area (Å²) in [6.45, 7) is 0. The van der Waals surface area contributed by atoms with Gasteiger partial charge in [0, 0.05) is 22.8 Å². The van der Waals surface area contributed by atoms with Crippen LogP contribution in [-0.2, 0) is 12.8 Å². The molecule has 1 aliphatic carbocycles. The first-order valence-electron chi connectivity index (χ1n) is 8.45. The van der Waals surface area contributed by atoms with E-state index in [4.69, 9.17) is 0 Å². The molecule has 2 heterocycles. The maximum absolute atomic E-state index is 12.8. The minimum Gasteiger partial charge on any atom is -0.321 e. The maximum Gasteiger partial charge on any atom is 0.255 e. The third-order valence-electron chi connectivity index (χ3n) is 4.79. The average Bonchev–Trinajstić information content (AvgIpc) is 3.35. The Morgan fingerprint density at radius 3 is 2.81 bits per heavy atom. The Labute approximate surface area is 149 Å². The number of anilines is 1. The highest BCUT2D eigenvalue weighted by molar-refractivity contribution is 6.10. The Kier molecular flexibility index (Phi) is 3.28. The van der Waals surface area contributed by atoms with Gasteiger partial charge in [-0.1, -0.05) is 24.3 Å². The van der Waals surface area contributed by atoms with Gasteiger partial charge in [-0.3, -0.25) is 4.79 Å². The Morgan fingerprint density at radius 1 is 1.08 bits per heavy atom. The number of nitrogens with one attached hydrogen (secondary N) is 1. The van der Waals surface area contributed by atoms with E-state index in [0.717, 1.165) is 23.9 Å². The van der Waals surface area contributed by atoms with Gasteiger partial charge >= 0.3 is 0 Å². The van der Waals surface area contributed by atoms with Gasteiger partial charge in [-0.05, 0) is 47.6 Å². The largest absolute Gasteiger partial charge is 0.321 e. The summed E-state index contributed by atoms with van der Waals surface area (Å²) in [5.41, 5.74) is 4.06. The Hall–Kier alpha value is -3.54. The van der Waals surface area contributed by atoms with Crippen molar-refractivity contribution < 1.29 is 4.79 Å². The second-order valence-corrected chi connectivity index (χ2v) is 6.31. The zero-order valence-corrected chi connectivity index (χ0v) is 13.9. The van der Waals surface area contributed by atoms with E-state index in [2.05, 4.69) is 44.6 Å². The van der Waals surface area contributed by atoms with Crippen LogP contribution in [0.15, 0.2) is 61.3 Å². The van der Waals surface area contributed by atoms with Crippen molar-refractivity contribution in [3.63, 3.8) is 0 Å². The first-order valence-corrected chi connectivity index (χ1v) is 8.45. The molecule has 6 heteroatoms. The number of rotatable bonds is 3. The average molecular weight is 341 g/mol. The zero-order valence-electron chi connectivity index (χ0n) is 13.9. The van der Waals surface area contributed by atoms with E-state index in [1.807, 2.05) is 6.07 Å². The predicted molar refractivity (Wildman–Crippen MR) is 98.5 cm³/mol. The number of pyridine rings is 1. The number of benzene rings is 2. The molecule has 0 radical (unpaired) electrons. The molecule has 0 unspecified atom stereocenters. The van der Waals surface area contributed by atoms with Crippen LogP contribution < -0.4 is 5.32 Å². The summed E-state index contributed by atoms with van der Waals surface area (Å²) in [5, 5.41) is 9.47. The zero-order chi connectivity index (χ0) is 17.5. The molecule has 0 fully saturated rings. The normalized spacial score (nSPS) is 12.5. The molecule has 4 aromatic rings. The number of hydrogen-bond donors (Lipinski definition) is 1. The Balaban J connectivity index is 1.50. The molecule has 6 nitrogen and oxygen atoms in total. The first kappa shape index (κ1) is 14.8. The number of nitrogens with zero attached hydrogens (tertiary/aromatic N) is 4. The summed E-state index contributed by atoms with van der Waals surface area (Å²) in [7, 11) is 0. The molecule has 2 aromatic heterocycles. The topological polar surface area (TPSA) is 72.7 Å². The van der Waals surface area contributed by atoms with Crippen LogP contribution >= 0.6 is 0 Å². The van der Waals surface area contributed by atoms with Crippen LogP contribution in [0, 0.1) is 0 Å². The fourth-order valence-corrected chi connectivity index (χ4v) is 3.56. The van der Waals surface area contributed by atoms with E-state index >= 15 is 0 Å². The lowest BCUT2D eigenvalue weighted by Gasteiger charge is -2.11. The van der Waals surface area contributed by atoms with Gasteiger partial charge in [0.05, 0.1) is 0 Å². The van der Waals surface area contributed by atoms with Gasteiger partial charge in [-0.25, -0.2) is 14.6 Å². The van der Waals surface area contributed by atoms with Crippen LogP contribution in [0.25, 0.3) is 16.6 Å². The molecule has 2 aromatic carbocycles. The molecule has 1 N–H and O–H groups in total. The van der Waals surface area contributed by atoms with Gasteiger partial charge in [0.15, 0.2) is 5.82 Å². The van der Waals surface area contributed by atoms with Crippen molar-refractivity contribution in [1.82, 2.24) is 19.7 Å². The fourth-order valence-electron chi connectivity index (χ4n) is 3.56. The van der Waals surface area contributed by atoms with Gasteiger partial charge < -0.3 is 5.32 Å². The number of hydrogen-bond acceptors (Lipinski definition) is 4. The summed E-state index contributed by atoms with van der Waals surface area (Å²) in [6, 6.07) is 13.8. The van der Waals surface area contributed by atoms with Crippen molar-refractivity contribution >= 4 is 22.4 Å². The van der Waals surface area contributed by atoms with Crippen LogP contribution in [0.3, 0.4) is 0 Å². The molecule has 1 amide bonds. The first-order chi connectivity index (χ1) is 12.8. The van der Waals surface area contributed by atoms with Gasteiger partial charge in [0.25, 0.3) is 5.91 Å². The van der Waals surface area contributed by atoms with Crippen LogP contribution in [0.2, 0.25) is 0 Å². The molecule has 0 saturated heterocycles. The molecule has 0 saturated carbocycles. The van der Waals surface area contributed by atoms with Gasteiger partial charge in [0.2, 0.25) is 0 Å². The Bertz CT molecular complexity index is 1120. The van der Waals surface area contributed by atoms with E-state index in [0.29, 0.717) is 11.4 Å². The second kappa shape index (κ2) is 5.77. The third kappa shape index (κ3) is 2.35. The van der Waals surface area contributed by atoms with Crippen molar-refractivity contribution in [3.8, 4) is 5.82 Å². The number of carbonyl (C=O) groups is 1. The summed E-state index contributed by atoms with van der Waals surface area (Å²) >= 11 is 0. The quantitative estimate of drug-likeness (QED) is 0.621. The molecule has 26 heavy (non-hydrogen) atoms. The van der Waals surface area contributed by atoms with Crippen LogP contribution in [0.5, 0.6) is 0 Å². The second-order valence-electron chi connectivity index (χ2n) is 6.31. The van der Waals surface area contributed by atoms with Crippen molar-refractivity contribution in [1.29, 1.82) is 0 Å². The molecule has 0 bridgehead atoms. The minimum atomic E-state index is -0.174. The lowest BCUT2D eigenvalue weighted by Crippen LogP contribution is -2.13. The van der Waals surface area contributed by atoms with Gasteiger partial charge in [-0.15, -0.1) is 0 Å². The van der Waals surface area contributed by atoms with Crippen molar-refractivity contribution in [2.45, 2.75) is 12.8 Å². The smallest absolute Gasteiger partial charge is 0.255 e. The molecule has 0 aliphatic heterocycles. The predicted octanol–water partition coefficient (Wildman–Crippen LogP) is 3.17. The van der Waals surface area contributed by atoms with E-state index in [-0.39, 0.29) is 5.91 Å². The van der Waals surface area contributed by atoms with E-state index < -0.39 is 0 Å². The highest BCUT2D eigenvalue weighted by Gasteiger charge is 2.17. The number of carbonyl (C=O) groups excluding carboxylic acids is 1. The molecular weight excluding hydrogens is 326 g/mol. The number of amides is 1. The van der Waals surface area contributed by atoms with E-state index in [1.165, 1.54) is 27.5 Å². The molecule has 0 atom stereocenters. The summed E-state index contributed by atoms with van der Waals surface area (Å²) < 4.78 is 1.52. The lowest BCUT2D eigenvalue weighted by molar-refractivity contribution is 0.102. The van der Waals surface area contributed by atoms with Gasteiger partial charge in [0.1, 0.15) is 12.7 Å². The molecular formula is C20H15N5O. The van der Waals surface area contributed by atoms with Crippen LogP contribution in [0.4, 0.5) is 5.69 Å². The highest BCUT2D eigenvalue weighted by Crippen LogP contribution is 2.35. The SMILES string of the molecule is O=C(Nc1ccc2c3c(cccc13)CC2)c1ccnc(-n2cncn2)c1. The molecule has 5 rings (SSSR count). The number of aromatic nitrogens is 4.